The normalized spacial score (nSPS) is 12.7. The van der Waals surface area contributed by atoms with Crippen molar-refractivity contribution >= 4 is 17.9 Å². The minimum atomic E-state index is -1.50. The summed E-state index contributed by atoms with van der Waals surface area (Å²) in [6.07, 6.45) is 48.9. The highest BCUT2D eigenvalue weighted by Crippen LogP contribution is 2.18. The van der Waals surface area contributed by atoms with Gasteiger partial charge in [-0.15, -0.1) is 0 Å². The lowest BCUT2D eigenvalue weighted by Gasteiger charge is -2.25. The number of rotatable bonds is 52. The molecule has 0 aliphatic rings. The third-order valence-electron chi connectivity index (χ3n) is 12.6. The smallest absolute Gasteiger partial charge is 0.361 e. The fourth-order valence-electron chi connectivity index (χ4n) is 8.31. The van der Waals surface area contributed by atoms with Gasteiger partial charge in [0, 0.05) is 12.8 Å². The van der Waals surface area contributed by atoms with Crippen LogP contribution in [0.3, 0.4) is 0 Å². The number of carboxylic acids is 1. The van der Waals surface area contributed by atoms with Crippen LogP contribution in [0, 0.1) is 0 Å². The lowest BCUT2D eigenvalue weighted by Crippen LogP contribution is -2.40. The quantitative estimate of drug-likeness (QED) is 0.0278. The van der Waals surface area contributed by atoms with Crippen molar-refractivity contribution in [1.82, 2.24) is 0 Å². The summed E-state index contributed by atoms with van der Waals surface area (Å²) in [5.74, 6) is -1.98. The summed E-state index contributed by atoms with van der Waals surface area (Å²) >= 11 is 0. The van der Waals surface area contributed by atoms with Gasteiger partial charge in [-0.2, -0.15) is 0 Å². The van der Waals surface area contributed by atoms with E-state index >= 15 is 0 Å². The summed E-state index contributed by atoms with van der Waals surface area (Å²) in [7, 11) is 5.98. The molecule has 0 aromatic heterocycles. The molecule has 0 amide bonds. The van der Waals surface area contributed by atoms with Crippen LogP contribution in [0.15, 0.2) is 0 Å². The largest absolute Gasteiger partial charge is 0.477 e. The first-order valence-electron chi connectivity index (χ1n) is 27.7. The van der Waals surface area contributed by atoms with Gasteiger partial charge in [0.2, 0.25) is 0 Å². The highest BCUT2D eigenvalue weighted by atomic mass is 16.7. The number of unbranched alkanes of at least 4 members (excludes halogenated alkanes) is 37. The molecule has 0 bridgehead atoms. The van der Waals surface area contributed by atoms with Crippen LogP contribution in [-0.4, -0.2) is 87.4 Å². The Morgan fingerprint density at radius 3 is 1.00 bits per heavy atom. The first kappa shape index (κ1) is 62.3. The van der Waals surface area contributed by atoms with Gasteiger partial charge in [-0.3, -0.25) is 9.59 Å². The van der Waals surface area contributed by atoms with Crippen LogP contribution >= 0.6 is 0 Å². The molecule has 1 N–H and O–H groups in total. The number of quaternary nitrogens is 1. The maximum Gasteiger partial charge on any atom is 0.361 e. The molecule has 0 spiro atoms. The molecule has 0 rings (SSSR count). The number of carbonyl (C=O) groups is 3. The molecule has 0 heterocycles. The van der Waals surface area contributed by atoms with E-state index in [0.717, 1.165) is 38.5 Å². The van der Waals surface area contributed by atoms with Crippen LogP contribution in [0.1, 0.15) is 277 Å². The van der Waals surface area contributed by atoms with Crippen molar-refractivity contribution in [3.63, 3.8) is 0 Å². The third-order valence-corrected chi connectivity index (χ3v) is 12.6. The second-order valence-electron chi connectivity index (χ2n) is 20.3. The fourth-order valence-corrected chi connectivity index (χ4v) is 8.31. The number of carbonyl (C=O) groups excluding carboxylic acids is 2. The Bertz CT molecular complexity index is 1020. The summed E-state index contributed by atoms with van der Waals surface area (Å²) in [6.45, 7) is 4.93. The van der Waals surface area contributed by atoms with Crippen LogP contribution in [0.25, 0.3) is 0 Å². The van der Waals surface area contributed by atoms with E-state index in [1.165, 1.54) is 212 Å². The number of carboxylic acid groups (broad SMARTS) is 1. The second kappa shape index (κ2) is 47.8. The Balaban J connectivity index is 4.17. The van der Waals surface area contributed by atoms with Crippen LogP contribution in [0.2, 0.25) is 0 Å². The van der Waals surface area contributed by atoms with Gasteiger partial charge in [0.15, 0.2) is 6.10 Å². The zero-order chi connectivity index (χ0) is 47.0. The van der Waals surface area contributed by atoms with Crippen molar-refractivity contribution in [2.24, 2.45) is 0 Å². The minimum absolute atomic E-state index is 0.173. The monoisotopic (exact) mass is 911 g/mol. The van der Waals surface area contributed by atoms with Gasteiger partial charge in [-0.1, -0.05) is 251 Å². The first-order valence-corrected chi connectivity index (χ1v) is 27.7. The molecular formula is C55H108NO8+. The summed E-state index contributed by atoms with van der Waals surface area (Å²) in [5.41, 5.74) is 0. The van der Waals surface area contributed by atoms with E-state index in [1.807, 2.05) is 21.1 Å². The number of hydrogen-bond acceptors (Lipinski definition) is 7. The number of likely N-dealkylation sites (N-methyl/N-ethyl adjacent to an activating group) is 1. The Kier molecular flexibility index (Phi) is 46.5. The van der Waals surface area contributed by atoms with Gasteiger partial charge < -0.3 is 28.5 Å². The Morgan fingerprint density at radius 1 is 0.406 bits per heavy atom. The zero-order valence-corrected chi connectivity index (χ0v) is 43.2. The number of aliphatic carboxylic acids is 1. The molecule has 2 atom stereocenters. The van der Waals surface area contributed by atoms with Crippen LogP contribution in [0.4, 0.5) is 0 Å². The number of hydrogen-bond donors (Lipinski definition) is 1. The molecule has 9 heteroatoms. The molecule has 2 unspecified atom stereocenters. The Labute approximate surface area is 396 Å². The molecule has 9 nitrogen and oxygen atoms in total. The zero-order valence-electron chi connectivity index (χ0n) is 43.2. The molecular weight excluding hydrogens is 803 g/mol. The predicted octanol–water partition coefficient (Wildman–Crippen LogP) is 15.6. The summed E-state index contributed by atoms with van der Waals surface area (Å²) < 4.78 is 22.9. The molecule has 0 aliphatic carbocycles. The average Bonchev–Trinajstić information content (AvgIpc) is 3.26. The van der Waals surface area contributed by atoms with Gasteiger partial charge in [-0.05, 0) is 12.8 Å². The number of nitrogens with zero attached hydrogens (tertiary/aromatic N) is 1. The fraction of sp³-hybridized carbons (Fsp3) is 0.945. The summed E-state index contributed by atoms with van der Waals surface area (Å²) in [4.78, 5) is 37.3. The minimum Gasteiger partial charge on any atom is -0.477 e. The van der Waals surface area contributed by atoms with Gasteiger partial charge >= 0.3 is 17.9 Å². The van der Waals surface area contributed by atoms with Gasteiger partial charge in [0.25, 0.3) is 6.29 Å². The maximum atomic E-state index is 12.8. The molecule has 0 aromatic rings. The Hall–Kier alpha value is -1.71. The van der Waals surface area contributed by atoms with E-state index < -0.39 is 18.4 Å². The Morgan fingerprint density at radius 2 is 0.703 bits per heavy atom. The lowest BCUT2D eigenvalue weighted by atomic mass is 10.0. The van der Waals surface area contributed by atoms with E-state index in [1.54, 1.807) is 0 Å². The van der Waals surface area contributed by atoms with Crippen molar-refractivity contribution in [3.05, 3.63) is 0 Å². The number of esters is 2. The van der Waals surface area contributed by atoms with Gasteiger partial charge in [-0.25, -0.2) is 4.79 Å². The van der Waals surface area contributed by atoms with Crippen LogP contribution in [-0.2, 0) is 33.3 Å². The third kappa shape index (κ3) is 48.2. The van der Waals surface area contributed by atoms with Crippen molar-refractivity contribution in [2.75, 3.05) is 47.5 Å². The summed E-state index contributed by atoms with van der Waals surface area (Å²) in [6, 6.07) is 0. The predicted molar refractivity (Wildman–Crippen MR) is 268 cm³/mol. The van der Waals surface area contributed by atoms with Crippen LogP contribution in [0.5, 0.6) is 0 Å². The number of ether oxygens (including phenoxy) is 4. The van der Waals surface area contributed by atoms with Crippen LogP contribution < -0.4 is 0 Å². The molecule has 0 saturated carbocycles. The maximum absolute atomic E-state index is 12.8. The van der Waals surface area contributed by atoms with E-state index in [-0.39, 0.29) is 38.2 Å². The lowest BCUT2D eigenvalue weighted by molar-refractivity contribution is -0.870. The van der Waals surface area contributed by atoms with Crippen molar-refractivity contribution in [3.8, 4) is 0 Å². The van der Waals surface area contributed by atoms with E-state index in [2.05, 4.69) is 13.8 Å². The topological polar surface area (TPSA) is 108 Å². The first-order chi connectivity index (χ1) is 31.1. The molecule has 0 aromatic carbocycles. The molecule has 380 valence electrons. The molecule has 0 aliphatic heterocycles. The average molecular weight is 911 g/mol. The van der Waals surface area contributed by atoms with Crippen molar-refractivity contribution < 1.29 is 42.9 Å². The van der Waals surface area contributed by atoms with E-state index in [4.69, 9.17) is 18.9 Å². The molecule has 0 saturated heterocycles. The molecule has 0 fully saturated rings. The van der Waals surface area contributed by atoms with E-state index in [9.17, 15) is 19.5 Å². The van der Waals surface area contributed by atoms with Gasteiger partial charge in [0.1, 0.15) is 13.2 Å². The highest BCUT2D eigenvalue weighted by Gasteiger charge is 2.25. The van der Waals surface area contributed by atoms with Crippen molar-refractivity contribution in [1.29, 1.82) is 0 Å². The molecule has 0 radical (unpaired) electrons. The standard InChI is InChI=1S/C55H107NO8/c1-6-8-10-12-14-16-18-20-22-23-24-25-26-27-28-29-30-31-32-34-36-38-40-42-44-46-53(58)64-51(50-63-55(54(59)60)61-48-47-56(3,4)5)49-62-52(57)45-43-41-39-37-35-33-21-19-17-15-13-11-9-7-2/h51,55H,6-50H2,1-5H3/p+1. The van der Waals surface area contributed by atoms with E-state index in [0.29, 0.717) is 17.4 Å². The van der Waals surface area contributed by atoms with Gasteiger partial charge in [0.05, 0.1) is 34.4 Å². The van der Waals surface area contributed by atoms with Crippen molar-refractivity contribution in [2.45, 2.75) is 289 Å². The second-order valence-corrected chi connectivity index (χ2v) is 20.3. The summed E-state index contributed by atoms with van der Waals surface area (Å²) in [5, 5.41) is 9.68. The SMILES string of the molecule is CCCCCCCCCCCCCCCCCCCCCCCCCCCC(=O)OC(COC(=O)CCCCCCCCCCCCCCCC)COC(OCC[N+](C)(C)C)C(=O)O. The molecule has 64 heavy (non-hydrogen) atoms. The highest BCUT2D eigenvalue weighted by molar-refractivity contribution is 5.71.